The van der Waals surface area contributed by atoms with Crippen LogP contribution in [0, 0.1) is 24.0 Å². The van der Waals surface area contributed by atoms with Gasteiger partial charge in [-0.1, -0.05) is 37.9 Å². The summed E-state index contributed by atoms with van der Waals surface area (Å²) in [7, 11) is 0. The number of phenols is 2. The van der Waals surface area contributed by atoms with Crippen LogP contribution in [-0.4, -0.2) is 21.4 Å². The van der Waals surface area contributed by atoms with Crippen molar-refractivity contribution in [2.24, 2.45) is 4.99 Å². The van der Waals surface area contributed by atoms with Crippen molar-refractivity contribution in [2.45, 2.75) is 46.5 Å². The molecule has 144 valence electrons. The molecule has 0 aliphatic heterocycles. The summed E-state index contributed by atoms with van der Waals surface area (Å²) in [6.45, 7) is 7.34. The number of rotatable bonds is 6. The number of nitro groups is 1. The van der Waals surface area contributed by atoms with Crippen molar-refractivity contribution >= 4 is 29.2 Å². The second-order valence-electron chi connectivity index (χ2n) is 6.63. The van der Waals surface area contributed by atoms with E-state index in [0.717, 1.165) is 18.4 Å². The molecule has 2 N–H and O–H groups in total. The van der Waals surface area contributed by atoms with Crippen molar-refractivity contribution < 1.29 is 15.1 Å². The second-order valence-corrected chi connectivity index (χ2v) is 7.01. The van der Waals surface area contributed by atoms with Gasteiger partial charge in [-0.15, -0.1) is 0 Å². The minimum Gasteiger partial charge on any atom is -0.506 e. The monoisotopic (exact) mass is 390 g/mol. The zero-order chi connectivity index (χ0) is 20.3. The number of nitrogens with zero attached hydrogens (tertiary/aromatic N) is 2. The van der Waals surface area contributed by atoms with Gasteiger partial charge in [0, 0.05) is 17.3 Å². The molecule has 0 aliphatic carbocycles. The molecule has 0 saturated heterocycles. The fourth-order valence-electron chi connectivity index (χ4n) is 3.05. The summed E-state index contributed by atoms with van der Waals surface area (Å²) in [5.41, 5.74) is 1.76. The Morgan fingerprint density at radius 2 is 1.96 bits per heavy atom. The first-order valence-electron chi connectivity index (χ1n) is 8.71. The van der Waals surface area contributed by atoms with Crippen molar-refractivity contribution in [3.05, 3.63) is 55.6 Å². The molecule has 1 unspecified atom stereocenters. The molecule has 0 spiro atoms. The predicted molar refractivity (Wildman–Crippen MR) is 108 cm³/mol. The third-order valence-electron chi connectivity index (χ3n) is 4.70. The quantitative estimate of drug-likeness (QED) is 0.363. The van der Waals surface area contributed by atoms with Gasteiger partial charge in [-0.25, -0.2) is 0 Å². The number of nitro benzene ring substituents is 1. The highest BCUT2D eigenvalue weighted by Gasteiger charge is 2.25. The molecule has 6 nitrogen and oxygen atoms in total. The lowest BCUT2D eigenvalue weighted by atomic mass is 9.96. The van der Waals surface area contributed by atoms with E-state index < -0.39 is 16.4 Å². The van der Waals surface area contributed by atoms with Gasteiger partial charge >= 0.3 is 5.69 Å². The maximum Gasteiger partial charge on any atom is 0.315 e. The first kappa shape index (κ1) is 20.7. The van der Waals surface area contributed by atoms with E-state index >= 15 is 0 Å². The molecule has 0 aliphatic rings. The normalized spacial score (nSPS) is 12.5. The molecule has 27 heavy (non-hydrogen) atoms. The zero-order valence-corrected chi connectivity index (χ0v) is 16.5. The first-order chi connectivity index (χ1) is 12.7. The van der Waals surface area contributed by atoms with Crippen molar-refractivity contribution in [2.75, 3.05) is 0 Å². The Hall–Kier alpha value is -2.60. The Balaban J connectivity index is 2.53. The molecule has 0 heterocycles. The third-order valence-corrected chi connectivity index (χ3v) is 5.27. The van der Waals surface area contributed by atoms with E-state index in [0.29, 0.717) is 17.2 Å². The van der Waals surface area contributed by atoms with Crippen LogP contribution in [-0.2, 0) is 0 Å². The van der Waals surface area contributed by atoms with Gasteiger partial charge in [-0.2, -0.15) is 0 Å². The minimum absolute atomic E-state index is 0.0106. The van der Waals surface area contributed by atoms with Crippen LogP contribution in [0.4, 0.5) is 11.4 Å². The van der Waals surface area contributed by atoms with Crippen molar-refractivity contribution in [3.8, 4) is 11.5 Å². The van der Waals surface area contributed by atoms with Gasteiger partial charge in [-0.05, 0) is 49.4 Å². The van der Waals surface area contributed by atoms with Crippen molar-refractivity contribution in [1.29, 1.82) is 0 Å². The molecule has 0 fully saturated rings. The average Bonchev–Trinajstić information content (AvgIpc) is 2.61. The lowest BCUT2D eigenvalue weighted by Crippen LogP contribution is -2.00. The highest BCUT2D eigenvalue weighted by molar-refractivity contribution is 6.33. The highest BCUT2D eigenvalue weighted by atomic mass is 35.5. The first-order valence-corrected chi connectivity index (χ1v) is 9.09. The Bertz CT molecular complexity index is 910. The average molecular weight is 391 g/mol. The van der Waals surface area contributed by atoms with Crippen LogP contribution in [0.15, 0.2) is 23.2 Å². The smallest absolute Gasteiger partial charge is 0.315 e. The van der Waals surface area contributed by atoms with Gasteiger partial charge in [0.2, 0.25) is 5.75 Å². The van der Waals surface area contributed by atoms with Crippen LogP contribution in [0.25, 0.3) is 0 Å². The SMILES string of the molecule is CCCC(C)c1ccc(O)c(N=Cc2c(C)c(Cl)c(C)c([N+](=O)[O-])c2O)c1. The fraction of sp³-hybridized carbons (Fsp3) is 0.350. The maximum absolute atomic E-state index is 11.3. The summed E-state index contributed by atoms with van der Waals surface area (Å²) in [5, 5.41) is 31.9. The molecule has 2 rings (SSSR count). The highest BCUT2D eigenvalue weighted by Crippen LogP contribution is 2.40. The maximum atomic E-state index is 11.3. The molecule has 2 aromatic carbocycles. The molecule has 0 bridgehead atoms. The van der Waals surface area contributed by atoms with Crippen LogP contribution in [0.5, 0.6) is 11.5 Å². The van der Waals surface area contributed by atoms with Crippen LogP contribution >= 0.6 is 11.6 Å². The lowest BCUT2D eigenvalue weighted by Gasteiger charge is -2.12. The largest absolute Gasteiger partial charge is 0.506 e. The van der Waals surface area contributed by atoms with E-state index in [-0.39, 0.29) is 21.9 Å². The van der Waals surface area contributed by atoms with Crippen molar-refractivity contribution in [3.63, 3.8) is 0 Å². The summed E-state index contributed by atoms with van der Waals surface area (Å²) in [6.07, 6.45) is 3.35. The van der Waals surface area contributed by atoms with Gasteiger partial charge < -0.3 is 10.2 Å². The Morgan fingerprint density at radius 1 is 1.30 bits per heavy atom. The number of halogens is 1. The summed E-state index contributed by atoms with van der Waals surface area (Å²) < 4.78 is 0. The summed E-state index contributed by atoms with van der Waals surface area (Å²) in [6, 6.07) is 5.21. The topological polar surface area (TPSA) is 96.0 Å². The van der Waals surface area contributed by atoms with E-state index in [2.05, 4.69) is 18.8 Å². The molecule has 0 aromatic heterocycles. The van der Waals surface area contributed by atoms with Gasteiger partial charge in [0.25, 0.3) is 0 Å². The van der Waals surface area contributed by atoms with Crippen molar-refractivity contribution in [1.82, 2.24) is 0 Å². The van der Waals surface area contributed by atoms with Gasteiger partial charge in [0.1, 0.15) is 11.4 Å². The summed E-state index contributed by atoms with van der Waals surface area (Å²) >= 11 is 6.19. The minimum atomic E-state index is -0.669. The number of benzene rings is 2. The molecule has 2 aromatic rings. The fourth-order valence-corrected chi connectivity index (χ4v) is 3.24. The predicted octanol–water partition coefficient (Wildman–Crippen LogP) is 5.93. The number of hydrogen-bond donors (Lipinski definition) is 2. The third kappa shape index (κ3) is 4.22. The molecular formula is C20H23ClN2O4. The van der Waals surface area contributed by atoms with E-state index in [1.807, 2.05) is 6.07 Å². The molecule has 7 heteroatoms. The zero-order valence-electron chi connectivity index (χ0n) is 15.8. The molecule has 0 radical (unpaired) electrons. The number of hydrogen-bond acceptors (Lipinski definition) is 5. The Labute approximate surface area is 163 Å². The van der Waals surface area contributed by atoms with E-state index in [4.69, 9.17) is 11.6 Å². The van der Waals surface area contributed by atoms with E-state index in [1.54, 1.807) is 19.1 Å². The standard InChI is InChI=1S/C20H23ClN2O4/c1-5-6-11(2)14-7-8-17(24)16(9-14)22-10-15-12(3)18(21)13(4)19(20(15)25)23(26)27/h7-11,24-25H,5-6H2,1-4H3. The Morgan fingerprint density at radius 3 is 2.56 bits per heavy atom. The number of phenolic OH excluding ortho intramolecular Hbond substituents is 2. The van der Waals surface area contributed by atoms with Gasteiger partial charge in [0.15, 0.2) is 0 Å². The summed E-state index contributed by atoms with van der Waals surface area (Å²) in [5.74, 6) is -0.184. The van der Waals surface area contributed by atoms with Gasteiger partial charge in [-0.3, -0.25) is 15.1 Å². The van der Waals surface area contributed by atoms with Crippen LogP contribution in [0.1, 0.15) is 54.9 Å². The lowest BCUT2D eigenvalue weighted by molar-refractivity contribution is -0.386. The molecule has 1 atom stereocenters. The molecule has 0 saturated carbocycles. The van der Waals surface area contributed by atoms with Crippen LogP contribution in [0.3, 0.4) is 0 Å². The molecule has 0 amide bonds. The Kier molecular flexibility index (Phi) is 6.44. The van der Waals surface area contributed by atoms with E-state index in [9.17, 15) is 20.3 Å². The van der Waals surface area contributed by atoms with Crippen LogP contribution in [0.2, 0.25) is 5.02 Å². The number of aromatic hydroxyl groups is 2. The molecular weight excluding hydrogens is 368 g/mol. The van der Waals surface area contributed by atoms with Crippen LogP contribution < -0.4 is 0 Å². The van der Waals surface area contributed by atoms with Gasteiger partial charge in [0.05, 0.1) is 9.95 Å². The van der Waals surface area contributed by atoms with E-state index in [1.165, 1.54) is 13.1 Å². The number of aliphatic imine (C=N–C) groups is 1. The second kappa shape index (κ2) is 8.39. The summed E-state index contributed by atoms with van der Waals surface area (Å²) in [4.78, 5) is 14.9.